The number of benzene rings is 2. The van der Waals surface area contributed by atoms with Crippen LogP contribution in [0.2, 0.25) is 0 Å². The van der Waals surface area contributed by atoms with Crippen LogP contribution in [-0.2, 0) is 10.0 Å². The van der Waals surface area contributed by atoms with Gasteiger partial charge in [-0.05, 0) is 36.4 Å². The molecular weight excluding hydrogens is 351 g/mol. The maximum Gasteiger partial charge on any atom is 0.262 e. The lowest BCUT2D eigenvalue weighted by atomic mass is 10.3. The second-order valence-corrected chi connectivity index (χ2v) is 6.55. The van der Waals surface area contributed by atoms with Gasteiger partial charge in [0, 0.05) is 4.47 Å². The van der Waals surface area contributed by atoms with Crippen molar-refractivity contribution in [3.05, 3.63) is 46.7 Å². The van der Waals surface area contributed by atoms with Crippen molar-refractivity contribution in [3.8, 4) is 5.75 Å². The van der Waals surface area contributed by atoms with E-state index in [1.807, 2.05) is 0 Å². The van der Waals surface area contributed by atoms with E-state index < -0.39 is 15.8 Å². The van der Waals surface area contributed by atoms with Gasteiger partial charge in [-0.15, -0.1) is 0 Å². The molecule has 0 fully saturated rings. The van der Waals surface area contributed by atoms with Crippen LogP contribution in [0, 0.1) is 5.82 Å². The van der Waals surface area contributed by atoms with E-state index in [9.17, 15) is 17.9 Å². The molecule has 0 aliphatic heterocycles. The Kier molecular flexibility index (Phi) is 3.87. The number of rotatable bonds is 3. The van der Waals surface area contributed by atoms with Gasteiger partial charge in [-0.1, -0.05) is 15.9 Å². The van der Waals surface area contributed by atoms with E-state index in [-0.39, 0.29) is 22.0 Å². The van der Waals surface area contributed by atoms with Gasteiger partial charge in [0.25, 0.3) is 10.0 Å². The Morgan fingerprint density at radius 2 is 1.90 bits per heavy atom. The van der Waals surface area contributed by atoms with Crippen LogP contribution in [-0.4, -0.2) is 13.5 Å². The Morgan fingerprint density at radius 3 is 2.55 bits per heavy atom. The van der Waals surface area contributed by atoms with E-state index in [1.54, 1.807) is 0 Å². The molecule has 2 aromatic carbocycles. The lowest BCUT2D eigenvalue weighted by Crippen LogP contribution is -2.14. The minimum Gasteiger partial charge on any atom is -0.506 e. The molecule has 5 nitrogen and oxygen atoms in total. The molecule has 0 amide bonds. The number of phenolic OH excluding ortho intramolecular Hbond substituents is 1. The average molecular weight is 361 g/mol. The molecule has 0 aromatic heterocycles. The molecule has 0 heterocycles. The smallest absolute Gasteiger partial charge is 0.262 e. The molecule has 0 aliphatic rings. The fourth-order valence-electron chi connectivity index (χ4n) is 1.48. The highest BCUT2D eigenvalue weighted by molar-refractivity contribution is 9.10. The minimum absolute atomic E-state index is 0.0809. The number of phenols is 1. The number of hydrogen-bond donors (Lipinski definition) is 3. The van der Waals surface area contributed by atoms with Crippen LogP contribution in [0.3, 0.4) is 0 Å². The average Bonchev–Trinajstić information content (AvgIpc) is 2.36. The van der Waals surface area contributed by atoms with Crippen molar-refractivity contribution in [2.75, 3.05) is 10.5 Å². The first kappa shape index (κ1) is 14.6. The van der Waals surface area contributed by atoms with Gasteiger partial charge in [-0.25, -0.2) is 12.8 Å². The fourth-order valence-corrected chi connectivity index (χ4v) is 2.93. The molecule has 0 atom stereocenters. The summed E-state index contributed by atoms with van der Waals surface area (Å²) in [5, 5.41) is 9.27. The number of nitrogens with one attached hydrogen (secondary N) is 1. The van der Waals surface area contributed by atoms with E-state index >= 15 is 0 Å². The summed E-state index contributed by atoms with van der Waals surface area (Å²) in [6.45, 7) is 0. The Morgan fingerprint density at radius 1 is 1.20 bits per heavy atom. The van der Waals surface area contributed by atoms with Gasteiger partial charge in [0.2, 0.25) is 0 Å². The van der Waals surface area contributed by atoms with Crippen LogP contribution >= 0.6 is 15.9 Å². The summed E-state index contributed by atoms with van der Waals surface area (Å²) in [4.78, 5) is -0.174. The lowest BCUT2D eigenvalue weighted by Gasteiger charge is -2.10. The standard InChI is InChI=1S/C12H10BrFN2O3S/c13-7-1-3-9(14)11(5-7)16-20(18,19)8-2-4-12(17)10(15)6-8/h1-6,16-17H,15H2. The van der Waals surface area contributed by atoms with Crippen LogP contribution in [0.1, 0.15) is 0 Å². The Hall–Kier alpha value is -1.80. The van der Waals surface area contributed by atoms with E-state index in [1.165, 1.54) is 18.2 Å². The highest BCUT2D eigenvalue weighted by Crippen LogP contribution is 2.26. The van der Waals surface area contributed by atoms with Gasteiger partial charge in [0.15, 0.2) is 0 Å². The van der Waals surface area contributed by atoms with Crippen LogP contribution in [0.15, 0.2) is 45.8 Å². The fraction of sp³-hybridized carbons (Fsp3) is 0. The maximum atomic E-state index is 13.5. The summed E-state index contributed by atoms with van der Waals surface area (Å²) in [6.07, 6.45) is 0. The van der Waals surface area contributed by atoms with Crippen molar-refractivity contribution >= 4 is 37.3 Å². The van der Waals surface area contributed by atoms with Gasteiger partial charge in [-0.2, -0.15) is 0 Å². The summed E-state index contributed by atoms with van der Waals surface area (Å²) in [7, 11) is -3.99. The predicted molar refractivity (Wildman–Crippen MR) is 77.4 cm³/mol. The SMILES string of the molecule is Nc1cc(S(=O)(=O)Nc2cc(Br)ccc2F)ccc1O. The van der Waals surface area contributed by atoms with E-state index in [0.29, 0.717) is 4.47 Å². The highest BCUT2D eigenvalue weighted by atomic mass is 79.9. The summed E-state index contributed by atoms with van der Waals surface area (Å²) >= 11 is 3.13. The van der Waals surface area contributed by atoms with Crippen molar-refractivity contribution in [3.63, 3.8) is 0 Å². The molecule has 0 saturated carbocycles. The molecule has 20 heavy (non-hydrogen) atoms. The largest absolute Gasteiger partial charge is 0.506 e. The topological polar surface area (TPSA) is 92.4 Å². The van der Waals surface area contributed by atoms with Crippen molar-refractivity contribution in [1.82, 2.24) is 0 Å². The van der Waals surface area contributed by atoms with Crippen molar-refractivity contribution in [2.24, 2.45) is 0 Å². The van der Waals surface area contributed by atoms with Gasteiger partial charge in [-0.3, -0.25) is 4.72 Å². The molecule has 0 saturated heterocycles. The number of nitrogen functional groups attached to an aromatic ring is 1. The molecule has 0 radical (unpaired) electrons. The van der Waals surface area contributed by atoms with Crippen molar-refractivity contribution < 1.29 is 17.9 Å². The van der Waals surface area contributed by atoms with Crippen molar-refractivity contribution in [2.45, 2.75) is 4.90 Å². The normalized spacial score (nSPS) is 11.3. The highest BCUT2D eigenvalue weighted by Gasteiger charge is 2.17. The number of aromatic hydroxyl groups is 1. The lowest BCUT2D eigenvalue weighted by molar-refractivity contribution is 0.477. The molecule has 8 heteroatoms. The molecule has 0 unspecified atom stereocenters. The maximum absolute atomic E-state index is 13.5. The number of hydrogen-bond acceptors (Lipinski definition) is 4. The third-order valence-corrected chi connectivity index (χ3v) is 4.34. The quantitative estimate of drug-likeness (QED) is 0.579. The number of nitrogens with two attached hydrogens (primary N) is 1. The second-order valence-electron chi connectivity index (χ2n) is 3.95. The molecule has 106 valence electrons. The Labute approximate surface area is 123 Å². The predicted octanol–water partition coefficient (Wildman–Crippen LogP) is 2.68. The molecular formula is C12H10BrFN2O3S. The molecule has 0 bridgehead atoms. The van der Waals surface area contributed by atoms with Gasteiger partial charge < -0.3 is 10.8 Å². The zero-order chi connectivity index (χ0) is 14.9. The monoisotopic (exact) mass is 360 g/mol. The van der Waals surface area contributed by atoms with Crippen LogP contribution in [0.25, 0.3) is 0 Å². The number of sulfonamides is 1. The summed E-state index contributed by atoms with van der Waals surface area (Å²) in [5.74, 6) is -0.930. The van der Waals surface area contributed by atoms with Crippen LogP contribution < -0.4 is 10.5 Å². The first-order valence-electron chi connectivity index (χ1n) is 5.36. The van der Waals surface area contributed by atoms with E-state index in [4.69, 9.17) is 5.73 Å². The number of halogens is 2. The van der Waals surface area contributed by atoms with Gasteiger partial charge in [0.05, 0.1) is 16.3 Å². The molecule has 0 spiro atoms. The third kappa shape index (κ3) is 3.02. The molecule has 4 N–H and O–H groups in total. The third-order valence-electron chi connectivity index (χ3n) is 2.48. The molecule has 2 rings (SSSR count). The zero-order valence-electron chi connectivity index (χ0n) is 9.97. The molecule has 0 aliphatic carbocycles. The van der Waals surface area contributed by atoms with Crippen molar-refractivity contribution in [1.29, 1.82) is 0 Å². The Bertz CT molecular complexity index is 765. The first-order valence-corrected chi connectivity index (χ1v) is 7.63. The van der Waals surface area contributed by atoms with Crippen LogP contribution in [0.4, 0.5) is 15.8 Å². The van der Waals surface area contributed by atoms with E-state index in [2.05, 4.69) is 20.7 Å². The second kappa shape index (κ2) is 5.29. The van der Waals surface area contributed by atoms with E-state index in [0.717, 1.165) is 18.2 Å². The zero-order valence-corrected chi connectivity index (χ0v) is 12.4. The number of anilines is 2. The first-order chi connectivity index (χ1) is 9.29. The van der Waals surface area contributed by atoms with Gasteiger partial charge in [0.1, 0.15) is 11.6 Å². The minimum atomic E-state index is -3.99. The summed E-state index contributed by atoms with van der Waals surface area (Å²) in [6, 6.07) is 7.30. The van der Waals surface area contributed by atoms with Gasteiger partial charge >= 0.3 is 0 Å². The Balaban J connectivity index is 2.40. The summed E-state index contributed by atoms with van der Waals surface area (Å²) in [5.41, 5.74) is 5.17. The summed E-state index contributed by atoms with van der Waals surface area (Å²) < 4.78 is 40.4. The molecule has 2 aromatic rings. The van der Waals surface area contributed by atoms with Crippen LogP contribution in [0.5, 0.6) is 5.75 Å².